The summed E-state index contributed by atoms with van der Waals surface area (Å²) in [4.78, 5) is 37.7. The normalized spacial score (nSPS) is 20.6. The van der Waals surface area contributed by atoms with Crippen LogP contribution in [0.4, 0.5) is 4.79 Å². The molecule has 1 aliphatic heterocycles. The van der Waals surface area contributed by atoms with Crippen LogP contribution in [-0.2, 0) is 14.3 Å². The van der Waals surface area contributed by atoms with Crippen LogP contribution in [0.15, 0.2) is 0 Å². The summed E-state index contributed by atoms with van der Waals surface area (Å²) in [5.74, 6) is -0.875. The van der Waals surface area contributed by atoms with Crippen molar-refractivity contribution in [1.29, 1.82) is 0 Å². The Bertz CT molecular complexity index is 395. The summed E-state index contributed by atoms with van der Waals surface area (Å²) in [6.45, 7) is 5.03. The molecule has 100 valence electrons. The van der Waals surface area contributed by atoms with Crippen LogP contribution in [0, 0.1) is 0 Å². The molecule has 2 rings (SSSR count). The second kappa shape index (κ2) is 4.26. The Kier molecular flexibility index (Phi) is 3.04. The van der Waals surface area contributed by atoms with E-state index in [1.165, 1.54) is 4.90 Å². The second-order valence-electron chi connectivity index (χ2n) is 5.71. The van der Waals surface area contributed by atoms with E-state index in [0.29, 0.717) is 0 Å². The number of esters is 1. The Labute approximate surface area is 106 Å². The monoisotopic (exact) mass is 254 g/mol. The van der Waals surface area contributed by atoms with Gasteiger partial charge in [0.15, 0.2) is 0 Å². The molecule has 0 N–H and O–H groups in total. The van der Waals surface area contributed by atoms with Gasteiger partial charge in [0.05, 0.1) is 0 Å². The molecule has 0 spiro atoms. The van der Waals surface area contributed by atoms with Gasteiger partial charge in [-0.25, -0.2) is 4.79 Å². The van der Waals surface area contributed by atoms with Crippen LogP contribution < -0.4 is 0 Å². The number of nitrogens with zero attached hydrogens (tertiary/aromatic N) is 2. The van der Waals surface area contributed by atoms with E-state index in [9.17, 15) is 14.4 Å². The summed E-state index contributed by atoms with van der Waals surface area (Å²) >= 11 is 0. The SMILES string of the molecule is CC(C)(C)OC(=O)CN1C(=O)CN(C2CC2)C1=O. The van der Waals surface area contributed by atoms with Gasteiger partial charge in [0, 0.05) is 6.04 Å². The van der Waals surface area contributed by atoms with Crippen molar-refractivity contribution in [3.05, 3.63) is 0 Å². The Morgan fingerprint density at radius 2 is 1.94 bits per heavy atom. The van der Waals surface area contributed by atoms with E-state index < -0.39 is 11.6 Å². The van der Waals surface area contributed by atoms with Crippen molar-refractivity contribution in [2.45, 2.75) is 45.3 Å². The van der Waals surface area contributed by atoms with Gasteiger partial charge in [0.1, 0.15) is 18.7 Å². The standard InChI is InChI=1S/C12H18N2O4/c1-12(2,3)18-10(16)7-14-9(15)6-13(11(14)17)8-4-5-8/h8H,4-7H2,1-3H3. The van der Waals surface area contributed by atoms with Crippen molar-refractivity contribution in [2.24, 2.45) is 0 Å². The molecule has 2 fully saturated rings. The molecule has 1 saturated heterocycles. The van der Waals surface area contributed by atoms with Crippen LogP contribution in [0.2, 0.25) is 0 Å². The van der Waals surface area contributed by atoms with Gasteiger partial charge >= 0.3 is 12.0 Å². The maximum atomic E-state index is 11.9. The zero-order valence-electron chi connectivity index (χ0n) is 10.9. The zero-order valence-corrected chi connectivity index (χ0v) is 10.9. The van der Waals surface area contributed by atoms with Gasteiger partial charge in [-0.15, -0.1) is 0 Å². The number of carbonyl (C=O) groups excluding carboxylic acids is 3. The Morgan fingerprint density at radius 3 is 2.44 bits per heavy atom. The molecule has 6 nitrogen and oxygen atoms in total. The lowest BCUT2D eigenvalue weighted by Gasteiger charge is -2.21. The fourth-order valence-electron chi connectivity index (χ4n) is 1.89. The fraction of sp³-hybridized carbons (Fsp3) is 0.750. The van der Waals surface area contributed by atoms with Crippen LogP contribution in [0.3, 0.4) is 0 Å². The molecule has 0 radical (unpaired) electrons. The third-order valence-corrected chi connectivity index (χ3v) is 2.78. The molecule has 6 heteroatoms. The van der Waals surface area contributed by atoms with E-state index >= 15 is 0 Å². The predicted octanol–water partition coefficient (Wildman–Crippen LogP) is 0.755. The third-order valence-electron chi connectivity index (χ3n) is 2.78. The molecule has 0 aromatic rings. The summed E-state index contributed by atoms with van der Waals surface area (Å²) in [5.41, 5.74) is -0.612. The van der Waals surface area contributed by atoms with Gasteiger partial charge in [-0.05, 0) is 33.6 Å². The van der Waals surface area contributed by atoms with Gasteiger partial charge in [0.25, 0.3) is 5.91 Å². The van der Waals surface area contributed by atoms with Crippen LogP contribution in [0.25, 0.3) is 0 Å². The molecular weight excluding hydrogens is 236 g/mol. The van der Waals surface area contributed by atoms with Crippen LogP contribution in [0.1, 0.15) is 33.6 Å². The zero-order chi connectivity index (χ0) is 13.5. The molecule has 0 aromatic heterocycles. The molecule has 2 aliphatic rings. The number of imide groups is 1. The molecule has 3 amide bonds. The van der Waals surface area contributed by atoms with Gasteiger partial charge in [-0.2, -0.15) is 0 Å². The summed E-state index contributed by atoms with van der Waals surface area (Å²) in [6.07, 6.45) is 1.89. The predicted molar refractivity (Wildman–Crippen MR) is 62.7 cm³/mol. The highest BCUT2D eigenvalue weighted by Gasteiger charge is 2.44. The second-order valence-corrected chi connectivity index (χ2v) is 5.71. The number of rotatable bonds is 3. The number of carbonyl (C=O) groups is 3. The Balaban J connectivity index is 1.94. The lowest BCUT2D eigenvalue weighted by Crippen LogP contribution is -2.40. The van der Waals surface area contributed by atoms with Crippen LogP contribution in [0.5, 0.6) is 0 Å². The first-order valence-corrected chi connectivity index (χ1v) is 6.11. The smallest absolute Gasteiger partial charge is 0.328 e. The first-order chi connectivity index (χ1) is 8.28. The van der Waals surface area contributed by atoms with Crippen molar-refractivity contribution < 1.29 is 19.1 Å². The molecule has 1 saturated carbocycles. The summed E-state index contributed by atoms with van der Waals surface area (Å²) < 4.78 is 5.10. The molecular formula is C12H18N2O4. The molecule has 18 heavy (non-hydrogen) atoms. The summed E-state index contributed by atoms with van der Waals surface area (Å²) in [7, 11) is 0. The van der Waals surface area contributed by atoms with Gasteiger partial charge in [0.2, 0.25) is 0 Å². The Hall–Kier alpha value is -1.59. The lowest BCUT2D eigenvalue weighted by atomic mass is 10.2. The average Bonchev–Trinajstić information content (AvgIpc) is 2.98. The molecule has 0 unspecified atom stereocenters. The van der Waals surface area contributed by atoms with Crippen molar-refractivity contribution in [1.82, 2.24) is 9.80 Å². The van der Waals surface area contributed by atoms with Crippen LogP contribution >= 0.6 is 0 Å². The van der Waals surface area contributed by atoms with Crippen molar-refractivity contribution in [3.8, 4) is 0 Å². The van der Waals surface area contributed by atoms with E-state index in [1.54, 1.807) is 20.8 Å². The number of hydrogen-bond donors (Lipinski definition) is 0. The van der Waals surface area contributed by atoms with E-state index in [1.807, 2.05) is 0 Å². The Morgan fingerprint density at radius 1 is 1.33 bits per heavy atom. The summed E-state index contributed by atoms with van der Waals surface area (Å²) in [6, 6.07) is -0.182. The minimum atomic E-state index is -0.612. The molecule has 0 atom stereocenters. The van der Waals surface area contributed by atoms with E-state index in [4.69, 9.17) is 4.74 Å². The highest BCUT2D eigenvalue weighted by atomic mass is 16.6. The maximum absolute atomic E-state index is 11.9. The van der Waals surface area contributed by atoms with Gasteiger partial charge < -0.3 is 9.64 Å². The topological polar surface area (TPSA) is 66.9 Å². The van der Waals surface area contributed by atoms with Crippen molar-refractivity contribution in [3.63, 3.8) is 0 Å². The lowest BCUT2D eigenvalue weighted by molar-refractivity contribution is -0.157. The average molecular weight is 254 g/mol. The number of ether oxygens (including phenoxy) is 1. The molecule has 0 aromatic carbocycles. The number of urea groups is 1. The van der Waals surface area contributed by atoms with Crippen molar-refractivity contribution in [2.75, 3.05) is 13.1 Å². The van der Waals surface area contributed by atoms with E-state index in [2.05, 4.69) is 0 Å². The van der Waals surface area contributed by atoms with Gasteiger partial charge in [-0.3, -0.25) is 14.5 Å². The number of amides is 3. The third kappa shape index (κ3) is 2.80. The highest BCUT2D eigenvalue weighted by molar-refractivity contribution is 6.04. The summed E-state index contributed by atoms with van der Waals surface area (Å²) in [5, 5.41) is 0. The molecule has 1 heterocycles. The van der Waals surface area contributed by atoms with Crippen LogP contribution in [-0.4, -0.2) is 52.4 Å². The highest BCUT2D eigenvalue weighted by Crippen LogP contribution is 2.30. The molecule has 0 bridgehead atoms. The minimum absolute atomic E-state index is 0.0896. The largest absolute Gasteiger partial charge is 0.459 e. The van der Waals surface area contributed by atoms with E-state index in [-0.39, 0.29) is 31.1 Å². The minimum Gasteiger partial charge on any atom is -0.459 e. The van der Waals surface area contributed by atoms with E-state index in [0.717, 1.165) is 17.7 Å². The fourth-order valence-corrected chi connectivity index (χ4v) is 1.89. The molecule has 1 aliphatic carbocycles. The first-order valence-electron chi connectivity index (χ1n) is 6.11. The van der Waals surface area contributed by atoms with Crippen molar-refractivity contribution >= 4 is 17.9 Å². The quantitative estimate of drug-likeness (QED) is 0.550. The first kappa shape index (κ1) is 12.9. The van der Waals surface area contributed by atoms with Gasteiger partial charge in [-0.1, -0.05) is 0 Å². The number of hydrogen-bond acceptors (Lipinski definition) is 4. The maximum Gasteiger partial charge on any atom is 0.328 e.